The number of aliphatic hydroxyl groups is 1. The maximum absolute atomic E-state index is 10.2. The highest BCUT2D eigenvalue weighted by molar-refractivity contribution is 5.26. The van der Waals surface area contributed by atoms with Gasteiger partial charge in [0.2, 0.25) is 0 Å². The minimum Gasteiger partial charge on any atom is -0.393 e. The Bertz CT molecular complexity index is 630. The Balaban J connectivity index is 1.50. The summed E-state index contributed by atoms with van der Waals surface area (Å²) in [5.41, 5.74) is 4.04. The topological polar surface area (TPSA) is 20.2 Å². The van der Waals surface area contributed by atoms with Crippen LogP contribution < -0.4 is 0 Å². The van der Waals surface area contributed by atoms with Crippen molar-refractivity contribution in [3.63, 3.8) is 0 Å². The summed E-state index contributed by atoms with van der Waals surface area (Å²) >= 11 is 0. The van der Waals surface area contributed by atoms with Crippen molar-refractivity contribution in [3.05, 3.63) is 23.8 Å². The lowest BCUT2D eigenvalue weighted by molar-refractivity contribution is -0.0456. The Morgan fingerprint density at radius 2 is 1.93 bits per heavy atom. The Labute approximate surface area is 174 Å². The molecule has 3 fully saturated rings. The lowest BCUT2D eigenvalue weighted by atomic mass is 9.47. The Hall–Kier alpha value is -0.560. The van der Waals surface area contributed by atoms with E-state index in [0.717, 1.165) is 42.4 Å². The fourth-order valence-corrected chi connectivity index (χ4v) is 8.22. The van der Waals surface area contributed by atoms with Gasteiger partial charge in [-0.25, -0.2) is 0 Å². The van der Waals surface area contributed by atoms with Gasteiger partial charge in [0.1, 0.15) is 0 Å². The van der Waals surface area contributed by atoms with Crippen molar-refractivity contribution in [3.8, 4) is 0 Å². The van der Waals surface area contributed by atoms with Crippen molar-refractivity contribution in [2.45, 2.75) is 104 Å². The van der Waals surface area contributed by atoms with Crippen LogP contribution in [0.3, 0.4) is 0 Å². The average Bonchev–Trinajstić information content (AvgIpc) is 2.99. The summed E-state index contributed by atoms with van der Waals surface area (Å²) in [5.74, 6) is 4.19. The molecule has 3 unspecified atom stereocenters. The van der Waals surface area contributed by atoms with Crippen LogP contribution in [0.4, 0.5) is 0 Å². The maximum atomic E-state index is 10.2. The summed E-state index contributed by atoms with van der Waals surface area (Å²) in [6.07, 6.45) is 16.4. The first kappa shape index (κ1) is 20.7. The lowest BCUT2D eigenvalue weighted by Crippen LogP contribution is -2.50. The van der Waals surface area contributed by atoms with Gasteiger partial charge in [0.05, 0.1) is 6.10 Å². The number of aliphatic hydroxyl groups excluding tert-OH is 1. The summed E-state index contributed by atoms with van der Waals surface area (Å²) in [6, 6.07) is 0. The Morgan fingerprint density at radius 1 is 1.14 bits per heavy atom. The molecular formula is C27H44O. The van der Waals surface area contributed by atoms with Crippen molar-refractivity contribution in [1.29, 1.82) is 0 Å². The van der Waals surface area contributed by atoms with Crippen LogP contribution in [0.1, 0.15) is 98.3 Å². The van der Waals surface area contributed by atoms with E-state index in [0.29, 0.717) is 10.8 Å². The van der Waals surface area contributed by atoms with E-state index in [-0.39, 0.29) is 6.10 Å². The fourth-order valence-electron chi connectivity index (χ4n) is 8.22. The Morgan fingerprint density at radius 3 is 2.68 bits per heavy atom. The van der Waals surface area contributed by atoms with Gasteiger partial charge in [-0.15, -0.1) is 0 Å². The van der Waals surface area contributed by atoms with Crippen LogP contribution >= 0.6 is 0 Å². The SMILES string of the molecule is C=C(CCCC(C)C)[C@H]1CCC2C3CC=C4C[C@@H](O)CC[C@]4(C)C3CC[C@@]21C. The quantitative estimate of drug-likeness (QED) is 0.493. The van der Waals surface area contributed by atoms with Gasteiger partial charge in [-0.3, -0.25) is 0 Å². The first-order valence-electron chi connectivity index (χ1n) is 12.3. The summed E-state index contributed by atoms with van der Waals surface area (Å²) < 4.78 is 0. The Kier molecular flexibility index (Phi) is 5.62. The third-order valence-corrected chi connectivity index (χ3v) is 9.85. The first-order chi connectivity index (χ1) is 13.3. The van der Waals surface area contributed by atoms with Gasteiger partial charge in [-0.05, 0) is 105 Å². The van der Waals surface area contributed by atoms with E-state index < -0.39 is 0 Å². The zero-order chi connectivity index (χ0) is 20.1. The molecule has 158 valence electrons. The van der Waals surface area contributed by atoms with Gasteiger partial charge < -0.3 is 5.11 Å². The zero-order valence-corrected chi connectivity index (χ0v) is 19.0. The summed E-state index contributed by atoms with van der Waals surface area (Å²) in [6.45, 7) is 14.5. The maximum Gasteiger partial charge on any atom is 0.0577 e. The molecule has 1 heteroatoms. The molecule has 0 amide bonds. The second-order valence-corrected chi connectivity index (χ2v) is 11.8. The molecule has 0 aromatic heterocycles. The van der Waals surface area contributed by atoms with E-state index in [1.54, 1.807) is 11.1 Å². The zero-order valence-electron chi connectivity index (χ0n) is 19.0. The molecule has 0 bridgehead atoms. The average molecular weight is 385 g/mol. The number of hydrogen-bond acceptors (Lipinski definition) is 1. The molecule has 4 rings (SSSR count). The van der Waals surface area contributed by atoms with Crippen LogP contribution in [0.2, 0.25) is 0 Å². The molecule has 0 aromatic rings. The molecule has 4 aliphatic carbocycles. The molecule has 28 heavy (non-hydrogen) atoms. The largest absolute Gasteiger partial charge is 0.393 e. The fraction of sp³-hybridized carbons (Fsp3) is 0.852. The van der Waals surface area contributed by atoms with E-state index in [4.69, 9.17) is 0 Å². The van der Waals surface area contributed by atoms with Gasteiger partial charge in [-0.2, -0.15) is 0 Å². The van der Waals surface area contributed by atoms with Crippen LogP contribution in [0.15, 0.2) is 23.8 Å². The van der Waals surface area contributed by atoms with Crippen molar-refractivity contribution < 1.29 is 5.11 Å². The molecular weight excluding hydrogens is 340 g/mol. The minimum absolute atomic E-state index is 0.0882. The molecule has 0 spiro atoms. The normalized spacial score (nSPS) is 45.2. The van der Waals surface area contributed by atoms with Gasteiger partial charge in [0.25, 0.3) is 0 Å². The van der Waals surface area contributed by atoms with Gasteiger partial charge in [0.15, 0.2) is 0 Å². The summed E-state index contributed by atoms with van der Waals surface area (Å²) in [5, 5.41) is 10.2. The standard InChI is InChI=1S/C27H44O/c1-18(2)7-6-8-19(3)23-11-12-24-22-10-9-20-17-21(28)13-15-26(20,4)25(22)14-16-27(23,24)5/h9,18,21-25,28H,3,6-8,10-17H2,1-2,4-5H3/t21-,22?,23+,24?,25?,26-,27+/m0/s1. The molecule has 1 N–H and O–H groups in total. The van der Waals surface area contributed by atoms with E-state index >= 15 is 0 Å². The third-order valence-electron chi connectivity index (χ3n) is 9.85. The molecule has 0 radical (unpaired) electrons. The van der Waals surface area contributed by atoms with E-state index in [9.17, 15) is 5.11 Å². The highest BCUT2D eigenvalue weighted by atomic mass is 16.3. The lowest BCUT2D eigenvalue weighted by Gasteiger charge is -2.58. The van der Waals surface area contributed by atoms with Gasteiger partial charge >= 0.3 is 0 Å². The second kappa shape index (κ2) is 7.60. The predicted octanol–water partition coefficient (Wildman–Crippen LogP) is 7.31. The molecule has 0 saturated heterocycles. The van der Waals surface area contributed by atoms with Crippen molar-refractivity contribution >= 4 is 0 Å². The van der Waals surface area contributed by atoms with E-state index in [1.807, 2.05) is 0 Å². The van der Waals surface area contributed by atoms with Crippen molar-refractivity contribution in [1.82, 2.24) is 0 Å². The summed E-state index contributed by atoms with van der Waals surface area (Å²) in [7, 11) is 0. The monoisotopic (exact) mass is 384 g/mol. The van der Waals surface area contributed by atoms with Crippen LogP contribution in [0.25, 0.3) is 0 Å². The number of allylic oxidation sites excluding steroid dienone is 2. The van der Waals surface area contributed by atoms with Crippen LogP contribution in [-0.4, -0.2) is 11.2 Å². The minimum atomic E-state index is -0.0882. The van der Waals surface area contributed by atoms with Crippen molar-refractivity contribution in [2.24, 2.45) is 40.4 Å². The van der Waals surface area contributed by atoms with Crippen molar-refractivity contribution in [2.75, 3.05) is 0 Å². The molecule has 1 nitrogen and oxygen atoms in total. The number of hydrogen-bond donors (Lipinski definition) is 1. The predicted molar refractivity (Wildman–Crippen MR) is 119 cm³/mol. The van der Waals surface area contributed by atoms with Gasteiger partial charge in [-0.1, -0.05) is 57.9 Å². The smallest absolute Gasteiger partial charge is 0.0577 e. The van der Waals surface area contributed by atoms with Crippen LogP contribution in [0, 0.1) is 40.4 Å². The number of rotatable bonds is 5. The highest BCUT2D eigenvalue weighted by Gasteiger charge is 2.58. The molecule has 0 aliphatic heterocycles. The molecule has 3 saturated carbocycles. The van der Waals surface area contributed by atoms with Crippen LogP contribution in [-0.2, 0) is 0 Å². The first-order valence-corrected chi connectivity index (χ1v) is 12.3. The molecule has 7 atom stereocenters. The summed E-state index contributed by atoms with van der Waals surface area (Å²) in [4.78, 5) is 0. The molecule has 4 aliphatic rings. The molecule has 0 heterocycles. The van der Waals surface area contributed by atoms with E-state index in [2.05, 4.69) is 40.3 Å². The highest BCUT2D eigenvalue weighted by Crippen LogP contribution is 2.67. The van der Waals surface area contributed by atoms with Gasteiger partial charge in [0, 0.05) is 0 Å². The molecule has 0 aromatic carbocycles. The van der Waals surface area contributed by atoms with E-state index in [1.165, 1.54) is 57.8 Å². The third kappa shape index (κ3) is 3.34. The number of fused-ring (bicyclic) bond motifs is 5. The van der Waals surface area contributed by atoms with Crippen LogP contribution in [0.5, 0.6) is 0 Å². The second-order valence-electron chi connectivity index (χ2n) is 11.8.